The Bertz CT molecular complexity index is 430. The molecular weight excluding hydrogens is 244 g/mol. The van der Waals surface area contributed by atoms with Crippen LogP contribution in [0.1, 0.15) is 24.1 Å². The van der Waals surface area contributed by atoms with E-state index in [0.717, 1.165) is 38.3 Å². The van der Waals surface area contributed by atoms with E-state index in [1.807, 2.05) is 12.1 Å². The quantitative estimate of drug-likeness (QED) is 0.315. The van der Waals surface area contributed by atoms with Crippen LogP contribution in [0.15, 0.2) is 23.5 Å². The summed E-state index contributed by atoms with van der Waals surface area (Å²) >= 11 is 0. The van der Waals surface area contributed by atoms with Crippen LogP contribution >= 0.6 is 0 Å². The first-order valence-electron chi connectivity index (χ1n) is 6.51. The topological polar surface area (TPSA) is 92.8 Å². The standard InChI is InChI=1S/C13H20N4O2/c14-13(17-18)12-6-10(3-4-16-12)7-15-8-11-2-1-5-19-9-11/h3-4,6,11,15,18H,1-2,5,7-9H2,(H2,14,17). The third-order valence-electron chi connectivity index (χ3n) is 3.21. The lowest BCUT2D eigenvalue weighted by Gasteiger charge is -2.22. The molecule has 0 spiro atoms. The first kappa shape index (κ1) is 13.8. The van der Waals surface area contributed by atoms with Crippen LogP contribution in [0.4, 0.5) is 0 Å². The molecule has 2 heterocycles. The third-order valence-corrected chi connectivity index (χ3v) is 3.21. The first-order valence-corrected chi connectivity index (χ1v) is 6.51. The van der Waals surface area contributed by atoms with Gasteiger partial charge in [-0.1, -0.05) is 5.16 Å². The highest BCUT2D eigenvalue weighted by Gasteiger charge is 2.13. The lowest BCUT2D eigenvalue weighted by atomic mass is 10.0. The van der Waals surface area contributed by atoms with Crippen molar-refractivity contribution >= 4 is 5.84 Å². The molecule has 1 aromatic heterocycles. The number of nitrogens with one attached hydrogen (secondary N) is 1. The predicted octanol–water partition coefficient (Wildman–Crippen LogP) is 0.692. The van der Waals surface area contributed by atoms with E-state index in [4.69, 9.17) is 15.7 Å². The Kier molecular flexibility index (Phi) is 5.11. The third kappa shape index (κ3) is 4.18. The molecule has 104 valence electrons. The molecule has 0 bridgehead atoms. The van der Waals surface area contributed by atoms with Crippen molar-refractivity contribution in [1.82, 2.24) is 10.3 Å². The zero-order valence-corrected chi connectivity index (χ0v) is 10.9. The van der Waals surface area contributed by atoms with Gasteiger partial charge in [0.1, 0.15) is 5.69 Å². The fraction of sp³-hybridized carbons (Fsp3) is 0.538. The molecule has 19 heavy (non-hydrogen) atoms. The zero-order chi connectivity index (χ0) is 13.5. The summed E-state index contributed by atoms with van der Waals surface area (Å²) in [4.78, 5) is 4.04. The van der Waals surface area contributed by atoms with E-state index in [0.29, 0.717) is 11.6 Å². The number of nitrogens with zero attached hydrogens (tertiary/aromatic N) is 2. The molecular formula is C13H20N4O2. The van der Waals surface area contributed by atoms with E-state index in [-0.39, 0.29) is 5.84 Å². The van der Waals surface area contributed by atoms with Crippen molar-refractivity contribution in [2.75, 3.05) is 19.8 Å². The predicted molar refractivity (Wildman–Crippen MR) is 72.0 cm³/mol. The van der Waals surface area contributed by atoms with Gasteiger partial charge in [-0.15, -0.1) is 0 Å². The lowest BCUT2D eigenvalue weighted by molar-refractivity contribution is 0.0547. The SMILES string of the molecule is NC(=NO)c1cc(CNCC2CCCOC2)ccn1. The van der Waals surface area contributed by atoms with Gasteiger partial charge in [-0.25, -0.2) is 0 Å². The molecule has 0 saturated carbocycles. The monoisotopic (exact) mass is 264 g/mol. The van der Waals surface area contributed by atoms with Crippen LogP contribution in [0.3, 0.4) is 0 Å². The fourth-order valence-corrected chi connectivity index (χ4v) is 2.16. The smallest absolute Gasteiger partial charge is 0.188 e. The molecule has 0 aromatic carbocycles. The number of hydrogen-bond acceptors (Lipinski definition) is 5. The van der Waals surface area contributed by atoms with Gasteiger partial charge in [0, 0.05) is 25.9 Å². The molecule has 1 atom stereocenters. The minimum atomic E-state index is 0.0301. The number of ether oxygens (including phenoxy) is 1. The van der Waals surface area contributed by atoms with Crippen molar-refractivity contribution in [3.8, 4) is 0 Å². The number of nitrogens with two attached hydrogens (primary N) is 1. The molecule has 1 unspecified atom stereocenters. The maximum absolute atomic E-state index is 8.62. The summed E-state index contributed by atoms with van der Waals surface area (Å²) in [6.07, 6.45) is 4.03. The van der Waals surface area contributed by atoms with Crippen molar-refractivity contribution < 1.29 is 9.94 Å². The number of aromatic nitrogens is 1. The zero-order valence-electron chi connectivity index (χ0n) is 10.9. The fourth-order valence-electron chi connectivity index (χ4n) is 2.16. The normalized spacial score (nSPS) is 20.4. The highest BCUT2D eigenvalue weighted by Crippen LogP contribution is 2.12. The van der Waals surface area contributed by atoms with Gasteiger partial charge in [0.15, 0.2) is 5.84 Å². The largest absolute Gasteiger partial charge is 0.409 e. The van der Waals surface area contributed by atoms with E-state index in [1.165, 1.54) is 6.42 Å². The Balaban J connectivity index is 1.82. The molecule has 1 fully saturated rings. The average Bonchev–Trinajstić information content (AvgIpc) is 2.48. The molecule has 2 rings (SSSR count). The number of hydrogen-bond donors (Lipinski definition) is 3. The van der Waals surface area contributed by atoms with E-state index in [9.17, 15) is 0 Å². The van der Waals surface area contributed by atoms with Gasteiger partial charge in [0.2, 0.25) is 0 Å². The molecule has 0 aliphatic carbocycles. The Morgan fingerprint density at radius 1 is 1.63 bits per heavy atom. The number of rotatable bonds is 5. The Morgan fingerprint density at radius 3 is 3.26 bits per heavy atom. The van der Waals surface area contributed by atoms with Crippen molar-refractivity contribution in [2.24, 2.45) is 16.8 Å². The van der Waals surface area contributed by atoms with Gasteiger partial charge in [0.05, 0.1) is 6.61 Å². The second kappa shape index (κ2) is 7.06. The van der Waals surface area contributed by atoms with Gasteiger partial charge in [0.25, 0.3) is 0 Å². The average molecular weight is 264 g/mol. The minimum absolute atomic E-state index is 0.0301. The first-order chi connectivity index (χ1) is 9.29. The number of oxime groups is 1. The summed E-state index contributed by atoms with van der Waals surface area (Å²) in [5, 5.41) is 15.0. The van der Waals surface area contributed by atoms with Crippen LogP contribution in [0.2, 0.25) is 0 Å². The molecule has 1 saturated heterocycles. The summed E-state index contributed by atoms with van der Waals surface area (Å²) in [6.45, 7) is 3.43. The van der Waals surface area contributed by atoms with Crippen LogP contribution in [0, 0.1) is 5.92 Å². The van der Waals surface area contributed by atoms with E-state index < -0.39 is 0 Å². The molecule has 0 radical (unpaired) electrons. The Labute approximate surface area is 112 Å². The molecule has 6 nitrogen and oxygen atoms in total. The van der Waals surface area contributed by atoms with E-state index in [2.05, 4.69) is 15.5 Å². The van der Waals surface area contributed by atoms with Crippen molar-refractivity contribution in [1.29, 1.82) is 0 Å². The molecule has 6 heteroatoms. The summed E-state index contributed by atoms with van der Waals surface area (Å²) in [7, 11) is 0. The molecule has 1 aliphatic rings. The van der Waals surface area contributed by atoms with Crippen molar-refractivity contribution in [3.63, 3.8) is 0 Å². The van der Waals surface area contributed by atoms with Crippen molar-refractivity contribution in [2.45, 2.75) is 19.4 Å². The van der Waals surface area contributed by atoms with E-state index >= 15 is 0 Å². The van der Waals surface area contributed by atoms with Gasteiger partial charge in [-0.2, -0.15) is 0 Å². The minimum Gasteiger partial charge on any atom is -0.409 e. The van der Waals surface area contributed by atoms with Crippen LogP contribution < -0.4 is 11.1 Å². The van der Waals surface area contributed by atoms with Gasteiger partial charge >= 0.3 is 0 Å². The highest BCUT2D eigenvalue weighted by molar-refractivity contribution is 5.95. The van der Waals surface area contributed by atoms with Gasteiger partial charge < -0.3 is 21.0 Å². The second-order valence-corrected chi connectivity index (χ2v) is 4.75. The summed E-state index contributed by atoms with van der Waals surface area (Å²) in [5.74, 6) is 0.627. The summed E-state index contributed by atoms with van der Waals surface area (Å²) < 4.78 is 5.44. The Morgan fingerprint density at radius 2 is 2.53 bits per heavy atom. The molecule has 4 N–H and O–H groups in total. The maximum atomic E-state index is 8.62. The van der Waals surface area contributed by atoms with Crippen LogP contribution in [0.25, 0.3) is 0 Å². The summed E-state index contributed by atoms with van der Waals surface area (Å²) in [5.41, 5.74) is 7.06. The maximum Gasteiger partial charge on any atom is 0.188 e. The number of amidine groups is 1. The number of pyridine rings is 1. The van der Waals surface area contributed by atoms with Crippen molar-refractivity contribution in [3.05, 3.63) is 29.6 Å². The highest BCUT2D eigenvalue weighted by atomic mass is 16.5. The van der Waals surface area contributed by atoms with Crippen LogP contribution in [0.5, 0.6) is 0 Å². The lowest BCUT2D eigenvalue weighted by Crippen LogP contribution is -2.29. The second-order valence-electron chi connectivity index (χ2n) is 4.75. The molecule has 0 amide bonds. The van der Waals surface area contributed by atoms with Gasteiger partial charge in [-0.05, 0) is 36.5 Å². The van der Waals surface area contributed by atoms with Gasteiger partial charge in [-0.3, -0.25) is 4.98 Å². The molecule has 1 aromatic rings. The van der Waals surface area contributed by atoms with Crippen LogP contribution in [-0.2, 0) is 11.3 Å². The Hall–Kier alpha value is -1.66. The summed E-state index contributed by atoms with van der Waals surface area (Å²) in [6, 6.07) is 3.73. The molecule has 1 aliphatic heterocycles. The van der Waals surface area contributed by atoms with E-state index in [1.54, 1.807) is 6.20 Å². The van der Waals surface area contributed by atoms with Crippen LogP contribution in [-0.4, -0.2) is 35.8 Å².